The van der Waals surface area contributed by atoms with E-state index < -0.39 is 21.8 Å². The molecule has 0 amide bonds. The molecule has 1 aromatic carbocycles. The van der Waals surface area contributed by atoms with Crippen molar-refractivity contribution in [3.63, 3.8) is 0 Å². The zero-order chi connectivity index (χ0) is 13.7. The molecule has 2 aromatic rings. The van der Waals surface area contributed by atoms with Crippen molar-refractivity contribution >= 4 is 49.5 Å². The number of hydrogen-bond donors (Lipinski definition) is 1. The first-order valence-corrected chi connectivity index (χ1v) is 7.59. The summed E-state index contributed by atoms with van der Waals surface area (Å²) in [6, 6.07) is 3.52. The topological polar surface area (TPSA) is 76.4 Å². The number of carboxylic acids is 1. The van der Waals surface area contributed by atoms with Crippen LogP contribution in [-0.2, 0) is 10.0 Å². The second-order valence-corrected chi connectivity index (χ2v) is 6.57. The molecule has 0 aliphatic rings. The summed E-state index contributed by atoms with van der Waals surface area (Å²) in [5, 5.41) is 9.49. The average molecular weight is 383 g/mol. The Labute approximate surface area is 115 Å². The Morgan fingerprint density at radius 1 is 1.44 bits per heavy atom. The minimum absolute atomic E-state index is 0.0271. The summed E-state index contributed by atoms with van der Waals surface area (Å²) in [6.07, 6.45) is 0.875. The van der Waals surface area contributed by atoms with Crippen LogP contribution in [0.3, 0.4) is 0 Å². The van der Waals surface area contributed by atoms with Crippen LogP contribution in [0.5, 0.6) is 0 Å². The molecule has 1 N–H and O–H groups in total. The predicted molar refractivity (Wildman–Crippen MR) is 71.8 cm³/mol. The Hall–Kier alpha value is -1.16. The Bertz CT molecular complexity index is 766. The molecule has 0 unspecified atom stereocenters. The lowest BCUT2D eigenvalue weighted by Gasteiger charge is -2.04. The lowest BCUT2D eigenvalue weighted by atomic mass is 10.2. The first-order chi connectivity index (χ1) is 8.23. The van der Waals surface area contributed by atoms with Gasteiger partial charge in [-0.3, -0.25) is 0 Å². The van der Waals surface area contributed by atoms with Crippen LogP contribution in [0.1, 0.15) is 10.5 Å². The van der Waals surface area contributed by atoms with Crippen LogP contribution in [-0.4, -0.2) is 29.7 Å². The van der Waals surface area contributed by atoms with Gasteiger partial charge in [-0.15, -0.1) is 0 Å². The van der Waals surface area contributed by atoms with Gasteiger partial charge in [0.25, 0.3) is 0 Å². The van der Waals surface area contributed by atoms with E-state index >= 15 is 0 Å². The van der Waals surface area contributed by atoms with Crippen molar-refractivity contribution in [1.29, 1.82) is 0 Å². The Kier molecular flexibility index (Phi) is 3.09. The van der Waals surface area contributed by atoms with Crippen molar-refractivity contribution in [2.75, 3.05) is 6.26 Å². The van der Waals surface area contributed by atoms with E-state index in [2.05, 4.69) is 0 Å². The van der Waals surface area contributed by atoms with E-state index in [1.807, 2.05) is 0 Å². The molecule has 0 aliphatic carbocycles. The van der Waals surface area contributed by atoms with Crippen LogP contribution in [0.2, 0.25) is 0 Å². The van der Waals surface area contributed by atoms with Crippen LogP contribution in [0.15, 0.2) is 18.2 Å². The molecule has 0 saturated heterocycles. The van der Waals surface area contributed by atoms with Gasteiger partial charge >= 0.3 is 5.97 Å². The van der Waals surface area contributed by atoms with Gasteiger partial charge in [0.1, 0.15) is 5.82 Å². The number of carboxylic acid groups (broad SMARTS) is 1. The van der Waals surface area contributed by atoms with Crippen LogP contribution in [0.25, 0.3) is 10.9 Å². The first-order valence-electron chi connectivity index (χ1n) is 4.67. The smallest absolute Gasteiger partial charge is 0.354 e. The zero-order valence-electron chi connectivity index (χ0n) is 9.02. The molecule has 5 nitrogen and oxygen atoms in total. The summed E-state index contributed by atoms with van der Waals surface area (Å²) in [6.45, 7) is 0. The normalized spacial score (nSPS) is 11.9. The lowest BCUT2D eigenvalue weighted by molar-refractivity contribution is 0.0688. The zero-order valence-corrected chi connectivity index (χ0v) is 12.0. The molecule has 0 fully saturated rings. The second-order valence-electron chi connectivity index (χ2n) is 3.66. The third-order valence-corrected chi connectivity index (χ3v) is 4.49. The van der Waals surface area contributed by atoms with Crippen LogP contribution in [0, 0.1) is 9.39 Å². The van der Waals surface area contributed by atoms with E-state index in [9.17, 15) is 17.6 Å². The monoisotopic (exact) mass is 383 g/mol. The van der Waals surface area contributed by atoms with E-state index in [0.717, 1.165) is 18.4 Å². The maximum absolute atomic E-state index is 13.2. The summed E-state index contributed by atoms with van der Waals surface area (Å²) < 4.78 is 37.4. The highest BCUT2D eigenvalue weighted by atomic mass is 127. The Balaban J connectivity index is 3.09. The molecule has 0 saturated carbocycles. The molecule has 0 aliphatic heterocycles. The molecular weight excluding hydrogens is 376 g/mol. The van der Waals surface area contributed by atoms with Crippen molar-refractivity contribution < 1.29 is 22.7 Å². The van der Waals surface area contributed by atoms with Gasteiger partial charge < -0.3 is 5.11 Å². The van der Waals surface area contributed by atoms with Crippen molar-refractivity contribution in [2.45, 2.75) is 0 Å². The second kappa shape index (κ2) is 4.19. The van der Waals surface area contributed by atoms with Gasteiger partial charge in [0, 0.05) is 5.39 Å². The number of aromatic nitrogens is 1. The van der Waals surface area contributed by atoms with Crippen molar-refractivity contribution in [3.8, 4) is 0 Å². The summed E-state index contributed by atoms with van der Waals surface area (Å²) in [4.78, 5) is 11.2. The molecular formula is C10H7FINO4S. The van der Waals surface area contributed by atoms with Gasteiger partial charge in [0.05, 0.1) is 15.3 Å². The summed E-state index contributed by atoms with van der Waals surface area (Å²) >= 11 is 1.74. The molecule has 0 bridgehead atoms. The third-order valence-electron chi connectivity index (χ3n) is 2.36. The predicted octanol–water partition coefficient (Wildman–Crippen LogP) is 1.89. The third kappa shape index (κ3) is 1.99. The number of halogens is 2. The highest BCUT2D eigenvalue weighted by Crippen LogP contribution is 2.29. The van der Waals surface area contributed by atoms with E-state index in [0.29, 0.717) is 9.36 Å². The SMILES string of the molecule is CS(=O)(=O)n1c(C(=O)O)c(I)c2ccc(F)cc21. The minimum atomic E-state index is -3.84. The highest BCUT2D eigenvalue weighted by Gasteiger charge is 2.26. The van der Waals surface area contributed by atoms with Crippen molar-refractivity contribution in [2.24, 2.45) is 0 Å². The fraction of sp³-hybridized carbons (Fsp3) is 0.100. The van der Waals surface area contributed by atoms with Gasteiger partial charge in [0.2, 0.25) is 10.0 Å². The van der Waals surface area contributed by atoms with E-state index in [4.69, 9.17) is 5.11 Å². The number of benzene rings is 1. The standard InChI is InChI=1S/C10H7FINO4S/c1-18(16,17)13-7-4-5(11)2-3-6(7)8(12)9(13)10(14)15/h2-4H,1H3,(H,14,15). The quantitative estimate of drug-likeness (QED) is 0.804. The minimum Gasteiger partial charge on any atom is -0.477 e. The molecule has 18 heavy (non-hydrogen) atoms. The van der Waals surface area contributed by atoms with Crippen LogP contribution >= 0.6 is 22.6 Å². The van der Waals surface area contributed by atoms with E-state index in [1.54, 1.807) is 22.6 Å². The number of aromatic carboxylic acids is 1. The number of nitrogens with zero attached hydrogens (tertiary/aromatic N) is 1. The molecule has 8 heteroatoms. The molecule has 0 spiro atoms. The van der Waals surface area contributed by atoms with Gasteiger partial charge in [-0.2, -0.15) is 0 Å². The van der Waals surface area contributed by atoms with Crippen LogP contribution in [0.4, 0.5) is 4.39 Å². The molecule has 1 heterocycles. The van der Waals surface area contributed by atoms with Crippen molar-refractivity contribution in [1.82, 2.24) is 3.97 Å². The maximum Gasteiger partial charge on any atom is 0.354 e. The summed E-state index contributed by atoms with van der Waals surface area (Å²) in [7, 11) is -3.84. The van der Waals surface area contributed by atoms with Crippen molar-refractivity contribution in [3.05, 3.63) is 33.3 Å². The number of rotatable bonds is 2. The number of fused-ring (bicyclic) bond motifs is 1. The summed E-state index contributed by atoms with van der Waals surface area (Å²) in [5.74, 6) is -2.00. The molecule has 2 rings (SSSR count). The van der Waals surface area contributed by atoms with Gasteiger partial charge in [0.15, 0.2) is 5.69 Å². The average Bonchev–Trinajstić information content (AvgIpc) is 2.50. The fourth-order valence-electron chi connectivity index (χ4n) is 1.72. The van der Waals surface area contributed by atoms with E-state index in [-0.39, 0.29) is 14.8 Å². The molecule has 96 valence electrons. The molecule has 1 aromatic heterocycles. The fourth-order valence-corrected chi connectivity index (χ4v) is 3.82. The maximum atomic E-state index is 13.2. The summed E-state index contributed by atoms with van der Waals surface area (Å²) in [5.41, 5.74) is -0.349. The van der Waals surface area contributed by atoms with Gasteiger partial charge in [-0.1, -0.05) is 0 Å². The van der Waals surface area contributed by atoms with Gasteiger partial charge in [-0.25, -0.2) is 21.6 Å². The van der Waals surface area contributed by atoms with Gasteiger partial charge in [-0.05, 0) is 40.8 Å². The number of hydrogen-bond acceptors (Lipinski definition) is 3. The Morgan fingerprint density at radius 2 is 2.06 bits per heavy atom. The highest BCUT2D eigenvalue weighted by molar-refractivity contribution is 14.1. The van der Waals surface area contributed by atoms with Crippen LogP contribution < -0.4 is 0 Å². The Morgan fingerprint density at radius 3 is 2.56 bits per heavy atom. The number of carbonyl (C=O) groups is 1. The molecule has 0 radical (unpaired) electrons. The largest absolute Gasteiger partial charge is 0.477 e. The lowest BCUT2D eigenvalue weighted by Crippen LogP contribution is -2.17. The first kappa shape index (κ1) is 13.3. The van der Waals surface area contributed by atoms with E-state index in [1.165, 1.54) is 6.07 Å². The molecule has 0 atom stereocenters.